The molecule has 7 nitrogen and oxygen atoms in total. The van der Waals surface area contributed by atoms with Crippen LogP contribution in [0.15, 0.2) is 24.3 Å². The highest BCUT2D eigenvalue weighted by molar-refractivity contribution is 5.97. The maximum atomic E-state index is 12.7. The Labute approximate surface area is 153 Å². The second-order valence-corrected chi connectivity index (χ2v) is 6.14. The molecule has 0 saturated carbocycles. The van der Waals surface area contributed by atoms with Gasteiger partial charge in [0, 0.05) is 25.6 Å². The number of hydrogen-bond donors (Lipinski definition) is 1. The van der Waals surface area contributed by atoms with Crippen molar-refractivity contribution in [2.75, 3.05) is 26.8 Å². The maximum Gasteiger partial charge on any atom is 0.306 e. The summed E-state index contributed by atoms with van der Waals surface area (Å²) < 4.78 is 10.1. The molecule has 0 aromatic heterocycles. The summed E-state index contributed by atoms with van der Waals surface area (Å²) in [5.41, 5.74) is 0.548. The number of hydrogen-bond acceptors (Lipinski definition) is 5. The number of nitrogens with zero attached hydrogens (tertiary/aromatic N) is 1. The zero-order valence-corrected chi connectivity index (χ0v) is 15.3. The van der Waals surface area contributed by atoms with E-state index in [-0.39, 0.29) is 36.7 Å². The van der Waals surface area contributed by atoms with Crippen LogP contribution in [0, 0.1) is 0 Å². The molecular formula is C19H26N2O5. The van der Waals surface area contributed by atoms with E-state index in [0.717, 1.165) is 0 Å². The number of carbonyl (C=O) groups is 3. The monoisotopic (exact) mass is 362 g/mol. The third-order valence-corrected chi connectivity index (χ3v) is 4.35. The van der Waals surface area contributed by atoms with Gasteiger partial charge in [0.25, 0.3) is 5.91 Å². The molecule has 1 heterocycles. The first-order valence-electron chi connectivity index (χ1n) is 8.92. The zero-order chi connectivity index (χ0) is 18.9. The van der Waals surface area contributed by atoms with Crippen molar-refractivity contribution in [1.82, 2.24) is 10.2 Å². The van der Waals surface area contributed by atoms with Crippen molar-refractivity contribution < 1.29 is 23.9 Å². The lowest BCUT2D eigenvalue weighted by molar-refractivity contribution is -0.144. The van der Waals surface area contributed by atoms with Crippen molar-refractivity contribution >= 4 is 17.8 Å². The van der Waals surface area contributed by atoms with Gasteiger partial charge in [-0.3, -0.25) is 14.4 Å². The van der Waals surface area contributed by atoms with Crippen molar-refractivity contribution in [1.29, 1.82) is 0 Å². The average molecular weight is 362 g/mol. The summed E-state index contributed by atoms with van der Waals surface area (Å²) in [5.74, 6) is -0.0196. The van der Waals surface area contributed by atoms with Crippen LogP contribution in [0.5, 0.6) is 5.75 Å². The van der Waals surface area contributed by atoms with E-state index in [1.54, 1.807) is 31.1 Å². The summed E-state index contributed by atoms with van der Waals surface area (Å²) >= 11 is 0. The van der Waals surface area contributed by atoms with Crippen molar-refractivity contribution in [2.45, 2.75) is 38.6 Å². The van der Waals surface area contributed by atoms with Crippen LogP contribution < -0.4 is 10.1 Å². The lowest BCUT2D eigenvalue weighted by Crippen LogP contribution is -2.46. The number of methoxy groups -OCH3 is 1. The SMILES string of the molecule is CCOC(=O)CCC(=O)NC1CCN(C(=O)c2ccccc2OC)CC1. The molecule has 2 rings (SSSR count). The van der Waals surface area contributed by atoms with Gasteiger partial charge in [0.05, 0.1) is 25.7 Å². The standard InChI is InChI=1S/C19H26N2O5/c1-3-26-18(23)9-8-17(22)20-14-10-12-21(13-11-14)19(24)15-6-4-5-7-16(15)25-2/h4-7,14H,3,8-13H2,1-2H3,(H,20,22). The lowest BCUT2D eigenvalue weighted by Gasteiger charge is -2.32. The van der Waals surface area contributed by atoms with Crippen LogP contribution in [0.4, 0.5) is 0 Å². The molecule has 1 fully saturated rings. The fraction of sp³-hybridized carbons (Fsp3) is 0.526. The minimum Gasteiger partial charge on any atom is -0.496 e. The summed E-state index contributed by atoms with van der Waals surface area (Å²) in [5, 5.41) is 2.93. The molecule has 2 amide bonds. The van der Waals surface area contributed by atoms with E-state index in [4.69, 9.17) is 9.47 Å². The van der Waals surface area contributed by atoms with Crippen LogP contribution in [0.2, 0.25) is 0 Å². The normalized spacial score (nSPS) is 14.6. The third kappa shape index (κ3) is 5.47. The lowest BCUT2D eigenvalue weighted by atomic mass is 10.0. The quantitative estimate of drug-likeness (QED) is 0.747. The predicted molar refractivity (Wildman–Crippen MR) is 95.9 cm³/mol. The maximum absolute atomic E-state index is 12.7. The summed E-state index contributed by atoms with van der Waals surface area (Å²) in [6.07, 6.45) is 1.59. The molecule has 0 unspecified atom stereocenters. The smallest absolute Gasteiger partial charge is 0.306 e. The van der Waals surface area contributed by atoms with Crippen LogP contribution in [-0.2, 0) is 14.3 Å². The predicted octanol–water partition coefficient (Wildman–Crippen LogP) is 1.76. The molecule has 1 N–H and O–H groups in total. The molecule has 0 atom stereocenters. The van der Waals surface area contributed by atoms with Gasteiger partial charge in [0.2, 0.25) is 5.91 Å². The zero-order valence-electron chi connectivity index (χ0n) is 15.3. The number of piperidine rings is 1. The number of likely N-dealkylation sites (tertiary alicyclic amines) is 1. The van der Waals surface area contributed by atoms with E-state index < -0.39 is 0 Å². The van der Waals surface area contributed by atoms with Gasteiger partial charge < -0.3 is 19.7 Å². The second kappa shape index (κ2) is 9.79. The molecule has 26 heavy (non-hydrogen) atoms. The fourth-order valence-electron chi connectivity index (χ4n) is 2.97. The number of rotatable bonds is 7. The van der Waals surface area contributed by atoms with Gasteiger partial charge in [-0.1, -0.05) is 12.1 Å². The van der Waals surface area contributed by atoms with Gasteiger partial charge in [0.1, 0.15) is 5.75 Å². The Morgan fingerprint density at radius 3 is 2.50 bits per heavy atom. The van der Waals surface area contributed by atoms with Crippen LogP contribution >= 0.6 is 0 Å². The first-order chi connectivity index (χ1) is 12.5. The fourth-order valence-corrected chi connectivity index (χ4v) is 2.97. The molecule has 0 radical (unpaired) electrons. The van der Waals surface area contributed by atoms with E-state index in [1.165, 1.54) is 0 Å². The van der Waals surface area contributed by atoms with Crippen LogP contribution in [0.3, 0.4) is 0 Å². The van der Waals surface area contributed by atoms with Gasteiger partial charge in [-0.25, -0.2) is 0 Å². The Balaban J connectivity index is 1.79. The number of carbonyl (C=O) groups excluding carboxylic acids is 3. The molecule has 1 aromatic carbocycles. The van der Waals surface area contributed by atoms with Crippen molar-refractivity contribution in [3.05, 3.63) is 29.8 Å². The number of amides is 2. The molecule has 1 aliphatic heterocycles. The minimum absolute atomic E-state index is 0.0198. The number of ether oxygens (including phenoxy) is 2. The largest absolute Gasteiger partial charge is 0.496 e. The van der Waals surface area contributed by atoms with Gasteiger partial charge >= 0.3 is 5.97 Å². The van der Waals surface area contributed by atoms with Crippen molar-refractivity contribution in [2.24, 2.45) is 0 Å². The van der Waals surface area contributed by atoms with E-state index in [0.29, 0.717) is 43.9 Å². The molecule has 1 saturated heterocycles. The topological polar surface area (TPSA) is 84.9 Å². The number of esters is 1. The molecule has 0 bridgehead atoms. The van der Waals surface area contributed by atoms with Crippen molar-refractivity contribution in [3.63, 3.8) is 0 Å². The van der Waals surface area contributed by atoms with E-state index in [9.17, 15) is 14.4 Å². The molecule has 142 valence electrons. The van der Waals surface area contributed by atoms with Crippen LogP contribution in [0.25, 0.3) is 0 Å². The van der Waals surface area contributed by atoms with Crippen LogP contribution in [0.1, 0.15) is 43.0 Å². The highest BCUT2D eigenvalue weighted by atomic mass is 16.5. The molecule has 0 aliphatic carbocycles. The Bertz CT molecular complexity index is 639. The molecule has 7 heteroatoms. The first-order valence-corrected chi connectivity index (χ1v) is 8.92. The minimum atomic E-state index is -0.361. The van der Waals surface area contributed by atoms with Gasteiger partial charge in [-0.15, -0.1) is 0 Å². The number of benzene rings is 1. The third-order valence-electron chi connectivity index (χ3n) is 4.35. The summed E-state index contributed by atoms with van der Waals surface area (Å²) in [6, 6.07) is 7.18. The number of para-hydroxylation sites is 1. The summed E-state index contributed by atoms with van der Waals surface area (Å²) in [7, 11) is 1.55. The van der Waals surface area contributed by atoms with Gasteiger partial charge in [-0.05, 0) is 31.9 Å². The summed E-state index contributed by atoms with van der Waals surface area (Å²) in [6.45, 7) is 3.19. The Kier molecular flexibility index (Phi) is 7.44. The van der Waals surface area contributed by atoms with Crippen LogP contribution in [-0.4, -0.2) is 55.5 Å². The molecule has 0 spiro atoms. The Morgan fingerprint density at radius 2 is 1.85 bits per heavy atom. The number of nitrogens with one attached hydrogen (secondary N) is 1. The Hall–Kier alpha value is -2.57. The van der Waals surface area contributed by atoms with E-state index in [2.05, 4.69) is 5.32 Å². The summed E-state index contributed by atoms with van der Waals surface area (Å²) in [4.78, 5) is 37.6. The Morgan fingerprint density at radius 1 is 1.15 bits per heavy atom. The molecular weight excluding hydrogens is 336 g/mol. The van der Waals surface area contributed by atoms with Gasteiger partial charge in [0.15, 0.2) is 0 Å². The highest BCUT2D eigenvalue weighted by Gasteiger charge is 2.26. The first kappa shape index (κ1) is 19.8. The van der Waals surface area contributed by atoms with E-state index >= 15 is 0 Å². The molecule has 1 aromatic rings. The molecule has 1 aliphatic rings. The highest BCUT2D eigenvalue weighted by Crippen LogP contribution is 2.21. The second-order valence-electron chi connectivity index (χ2n) is 6.14. The van der Waals surface area contributed by atoms with E-state index in [1.807, 2.05) is 12.1 Å². The average Bonchev–Trinajstić information content (AvgIpc) is 2.66. The van der Waals surface area contributed by atoms with Gasteiger partial charge in [-0.2, -0.15) is 0 Å². The van der Waals surface area contributed by atoms with Crippen molar-refractivity contribution in [3.8, 4) is 5.75 Å².